The van der Waals surface area contributed by atoms with E-state index in [1.54, 1.807) is 24.3 Å². The molecule has 0 bridgehead atoms. The number of halogens is 1. The maximum absolute atomic E-state index is 13.3. The van der Waals surface area contributed by atoms with Gasteiger partial charge >= 0.3 is 0 Å². The highest BCUT2D eigenvalue weighted by molar-refractivity contribution is 7.92. The number of benzene rings is 3. The van der Waals surface area contributed by atoms with Crippen molar-refractivity contribution in [2.24, 2.45) is 0 Å². The molecule has 0 aliphatic carbocycles. The number of rotatable bonds is 13. The third-order valence-corrected chi connectivity index (χ3v) is 11.8. The van der Waals surface area contributed by atoms with E-state index < -0.39 is 45.1 Å². The van der Waals surface area contributed by atoms with E-state index in [-0.39, 0.29) is 42.4 Å². The Bertz CT molecular complexity index is 2480. The predicted molar refractivity (Wildman–Crippen MR) is 217 cm³/mol. The van der Waals surface area contributed by atoms with E-state index >= 15 is 0 Å². The average Bonchev–Trinajstić information content (AvgIpc) is 3.45. The summed E-state index contributed by atoms with van der Waals surface area (Å²) in [5.41, 5.74) is 3.59. The van der Waals surface area contributed by atoms with Gasteiger partial charge in [-0.25, -0.2) is 18.4 Å². The lowest BCUT2D eigenvalue weighted by molar-refractivity contribution is -0.136. The minimum Gasteiger partial charge on any atom is -0.489 e. The largest absolute Gasteiger partial charge is 0.489 e. The molecule has 3 aromatic carbocycles. The van der Waals surface area contributed by atoms with Crippen LogP contribution < -0.4 is 19.5 Å². The summed E-state index contributed by atoms with van der Waals surface area (Å²) in [4.78, 5) is 61.8. The second kappa shape index (κ2) is 16.8. The lowest BCUT2D eigenvalue weighted by Crippen LogP contribution is -2.54. The Balaban J connectivity index is 0.918. The minimum absolute atomic E-state index is 0.0343. The standard InChI is InChI=1S/C42H42ClN7O8S/c1-42(2,28-5-7-31(8-6-28)58-24-30-12-15-45-41(46-30)48-59(3,55)56)29-20-27(23-44)37(34(43)22-29)57-19-18-49-16-13-25(14-17-49)26-4-9-32-33(21-26)40(54)50(39(32)53)35-10-11-36(51)47-38(35)52/h4-9,12,15,20-22,25,35H,10-11,13-14,16-19,24H2,1-3H3,(H,45,46,48)(H,47,51,52). The Labute approximate surface area is 346 Å². The summed E-state index contributed by atoms with van der Waals surface area (Å²) in [5.74, 6) is -1.02. The molecule has 0 radical (unpaired) electrons. The highest BCUT2D eigenvalue weighted by Gasteiger charge is 2.45. The summed E-state index contributed by atoms with van der Waals surface area (Å²) in [6.45, 7) is 6.66. The number of aromatic nitrogens is 2. The van der Waals surface area contributed by atoms with Crippen molar-refractivity contribution in [1.29, 1.82) is 5.26 Å². The molecule has 15 nitrogen and oxygen atoms in total. The number of ether oxygens (including phenoxy) is 2. The summed E-state index contributed by atoms with van der Waals surface area (Å²) in [6.07, 6.45) is 4.30. The van der Waals surface area contributed by atoms with Crippen molar-refractivity contribution < 1.29 is 37.1 Å². The first kappa shape index (κ1) is 41.3. The number of fused-ring (bicyclic) bond motifs is 1. The Hall–Kier alpha value is -5.89. The average molecular weight is 840 g/mol. The van der Waals surface area contributed by atoms with Crippen molar-refractivity contribution in [3.8, 4) is 17.6 Å². The smallest absolute Gasteiger partial charge is 0.262 e. The lowest BCUT2D eigenvalue weighted by atomic mass is 9.77. The van der Waals surface area contributed by atoms with Crippen LogP contribution >= 0.6 is 11.6 Å². The summed E-state index contributed by atoms with van der Waals surface area (Å²) in [5, 5.41) is 12.7. The third kappa shape index (κ3) is 9.07. The summed E-state index contributed by atoms with van der Waals surface area (Å²) in [7, 11) is -3.52. The molecule has 4 heterocycles. The highest BCUT2D eigenvalue weighted by atomic mass is 35.5. The molecular weight excluding hydrogens is 798 g/mol. The zero-order valence-electron chi connectivity index (χ0n) is 32.7. The fraction of sp³-hybridized carbons (Fsp3) is 0.357. The number of sulfonamides is 1. The van der Waals surface area contributed by atoms with Crippen LogP contribution in [0.2, 0.25) is 5.02 Å². The molecule has 1 atom stereocenters. The van der Waals surface area contributed by atoms with Crippen molar-refractivity contribution in [2.45, 2.75) is 63.5 Å². The molecule has 1 aromatic heterocycles. The van der Waals surface area contributed by atoms with E-state index in [0.717, 1.165) is 53.8 Å². The number of nitrogens with one attached hydrogen (secondary N) is 2. The maximum Gasteiger partial charge on any atom is 0.262 e. The number of likely N-dealkylation sites (tertiary alicyclic amines) is 1. The minimum atomic E-state index is -3.52. The molecule has 1 unspecified atom stereocenters. The zero-order chi connectivity index (χ0) is 42.1. The van der Waals surface area contributed by atoms with Crippen molar-refractivity contribution in [3.63, 3.8) is 0 Å². The number of nitriles is 1. The molecule has 306 valence electrons. The van der Waals surface area contributed by atoms with E-state index in [2.05, 4.69) is 31.0 Å². The molecule has 0 spiro atoms. The van der Waals surface area contributed by atoms with E-state index in [1.165, 1.54) is 6.20 Å². The van der Waals surface area contributed by atoms with Crippen molar-refractivity contribution in [3.05, 3.63) is 111 Å². The Kier molecular flexibility index (Phi) is 11.7. The van der Waals surface area contributed by atoms with Gasteiger partial charge in [-0.1, -0.05) is 43.6 Å². The number of imide groups is 2. The summed E-state index contributed by atoms with van der Waals surface area (Å²) in [6, 6.07) is 19.3. The number of nitrogens with zero attached hydrogens (tertiary/aromatic N) is 5. The first-order chi connectivity index (χ1) is 28.1. The van der Waals surface area contributed by atoms with Crippen LogP contribution in [0.4, 0.5) is 5.95 Å². The molecule has 4 aromatic rings. The normalized spacial score (nSPS) is 17.7. The highest BCUT2D eigenvalue weighted by Crippen LogP contribution is 2.39. The van der Waals surface area contributed by atoms with Crippen LogP contribution in [0.15, 0.2) is 66.9 Å². The lowest BCUT2D eigenvalue weighted by Gasteiger charge is -2.32. The van der Waals surface area contributed by atoms with Crippen molar-refractivity contribution in [2.75, 3.05) is 37.2 Å². The van der Waals surface area contributed by atoms with Gasteiger partial charge in [-0.3, -0.25) is 39.0 Å². The second-order valence-corrected chi connectivity index (χ2v) is 17.5. The van der Waals surface area contributed by atoms with Gasteiger partial charge < -0.3 is 9.47 Å². The topological polar surface area (TPSA) is 201 Å². The molecule has 3 aliphatic rings. The monoisotopic (exact) mass is 839 g/mol. The molecule has 3 aliphatic heterocycles. The molecule has 59 heavy (non-hydrogen) atoms. The van der Waals surface area contributed by atoms with Crippen LogP contribution in [0.25, 0.3) is 0 Å². The quantitative estimate of drug-likeness (QED) is 0.172. The van der Waals surface area contributed by atoms with Gasteiger partial charge in [-0.2, -0.15) is 5.26 Å². The first-order valence-electron chi connectivity index (χ1n) is 19.1. The Morgan fingerprint density at radius 1 is 0.949 bits per heavy atom. The number of hydrogen-bond acceptors (Lipinski definition) is 12. The second-order valence-electron chi connectivity index (χ2n) is 15.3. The van der Waals surface area contributed by atoms with E-state index in [9.17, 15) is 32.9 Å². The first-order valence-corrected chi connectivity index (χ1v) is 21.4. The van der Waals surface area contributed by atoms with Gasteiger partial charge in [0.15, 0.2) is 5.75 Å². The van der Waals surface area contributed by atoms with Crippen LogP contribution in [0.1, 0.15) is 94.1 Å². The Morgan fingerprint density at radius 2 is 1.68 bits per heavy atom. The zero-order valence-corrected chi connectivity index (χ0v) is 34.2. The van der Waals surface area contributed by atoms with Crippen molar-refractivity contribution >= 4 is 51.2 Å². The maximum atomic E-state index is 13.3. The molecule has 17 heteroatoms. The van der Waals surface area contributed by atoms with Gasteiger partial charge in [0, 0.05) is 24.6 Å². The van der Waals surface area contributed by atoms with E-state index in [4.69, 9.17) is 21.1 Å². The Morgan fingerprint density at radius 3 is 2.37 bits per heavy atom. The summed E-state index contributed by atoms with van der Waals surface area (Å²) < 4.78 is 37.3. The molecule has 2 fully saturated rings. The van der Waals surface area contributed by atoms with Crippen molar-refractivity contribution in [1.82, 2.24) is 25.1 Å². The van der Waals surface area contributed by atoms with Gasteiger partial charge in [0.2, 0.25) is 27.8 Å². The van der Waals surface area contributed by atoms with Crippen LogP contribution in [-0.2, 0) is 31.6 Å². The summed E-state index contributed by atoms with van der Waals surface area (Å²) >= 11 is 6.77. The van der Waals surface area contributed by atoms with Crippen LogP contribution in [0.5, 0.6) is 11.5 Å². The van der Waals surface area contributed by atoms with Gasteiger partial charge in [0.05, 0.1) is 33.7 Å². The van der Waals surface area contributed by atoms with Crippen LogP contribution in [0, 0.1) is 11.3 Å². The number of piperidine rings is 2. The van der Waals surface area contributed by atoms with E-state index in [0.29, 0.717) is 40.9 Å². The molecule has 4 amide bonds. The number of carbonyl (C=O) groups excluding carboxylic acids is 4. The molecule has 2 saturated heterocycles. The van der Waals surface area contributed by atoms with Gasteiger partial charge in [-0.05, 0) is 97.4 Å². The molecular formula is C42H42ClN7O8S. The van der Waals surface area contributed by atoms with E-state index in [1.807, 2.05) is 50.2 Å². The number of amides is 4. The van der Waals surface area contributed by atoms with Crippen LogP contribution in [-0.4, -0.2) is 90.4 Å². The number of hydrogen-bond donors (Lipinski definition) is 2. The predicted octanol–water partition coefficient (Wildman–Crippen LogP) is 4.94. The fourth-order valence-corrected chi connectivity index (χ4v) is 8.38. The molecule has 7 rings (SSSR count). The number of anilines is 1. The molecule has 0 saturated carbocycles. The van der Waals surface area contributed by atoms with Gasteiger partial charge in [-0.15, -0.1) is 0 Å². The SMILES string of the molecule is CC(C)(c1ccc(OCc2ccnc(NS(C)(=O)=O)n2)cc1)c1cc(Cl)c(OCCN2CCC(c3ccc4c(c3)C(=O)N(C3CCC(=O)NC3=O)C4=O)CC2)c(C#N)c1. The third-order valence-electron chi connectivity index (χ3n) is 11.0. The molecule has 2 N–H and O–H groups in total. The van der Waals surface area contributed by atoms with Gasteiger partial charge in [0.1, 0.15) is 31.1 Å². The van der Waals surface area contributed by atoms with Gasteiger partial charge in [0.25, 0.3) is 11.8 Å². The fourth-order valence-electron chi connectivity index (χ4n) is 7.68. The van der Waals surface area contributed by atoms with Crippen LogP contribution in [0.3, 0.4) is 0 Å². The number of carbonyl (C=O) groups is 4.